The molecule has 0 radical (unpaired) electrons. The van der Waals surface area contributed by atoms with Gasteiger partial charge in [0.15, 0.2) is 0 Å². The van der Waals surface area contributed by atoms with Crippen LogP contribution in [-0.4, -0.2) is 21.9 Å². The molecule has 0 heterocycles. The SMILES string of the molecule is CC1CCC(O)(C(O)C2CC2)CC1. The summed E-state index contributed by atoms with van der Waals surface area (Å²) in [4.78, 5) is 0. The van der Waals surface area contributed by atoms with Crippen molar-refractivity contribution in [3.05, 3.63) is 0 Å². The molecule has 2 N–H and O–H groups in total. The van der Waals surface area contributed by atoms with Crippen LogP contribution in [0.15, 0.2) is 0 Å². The van der Waals surface area contributed by atoms with Crippen molar-refractivity contribution < 1.29 is 10.2 Å². The summed E-state index contributed by atoms with van der Waals surface area (Å²) in [5.41, 5.74) is -0.742. The van der Waals surface area contributed by atoms with E-state index >= 15 is 0 Å². The first kappa shape index (κ1) is 9.47. The van der Waals surface area contributed by atoms with Crippen LogP contribution in [0, 0.1) is 11.8 Å². The largest absolute Gasteiger partial charge is 0.390 e. The standard InChI is InChI=1S/C11H20O2/c1-8-4-6-11(13,7-5-8)10(12)9-2-3-9/h8-10,12-13H,2-7H2,1H3. The molecule has 0 aliphatic heterocycles. The van der Waals surface area contributed by atoms with Crippen molar-refractivity contribution in [1.82, 2.24) is 0 Å². The predicted molar refractivity (Wildman–Crippen MR) is 51.3 cm³/mol. The van der Waals surface area contributed by atoms with Gasteiger partial charge in [-0.05, 0) is 50.4 Å². The molecule has 1 atom stereocenters. The molecule has 2 heteroatoms. The van der Waals surface area contributed by atoms with E-state index < -0.39 is 11.7 Å². The lowest BCUT2D eigenvalue weighted by Gasteiger charge is -2.38. The van der Waals surface area contributed by atoms with E-state index in [1.165, 1.54) is 0 Å². The Bertz CT molecular complexity index is 179. The van der Waals surface area contributed by atoms with Gasteiger partial charge in [-0.1, -0.05) is 6.92 Å². The molecule has 0 aromatic carbocycles. The fraction of sp³-hybridized carbons (Fsp3) is 1.00. The van der Waals surface area contributed by atoms with Gasteiger partial charge in [0.2, 0.25) is 0 Å². The molecular formula is C11H20O2. The average molecular weight is 184 g/mol. The zero-order valence-electron chi connectivity index (χ0n) is 8.37. The van der Waals surface area contributed by atoms with Crippen LogP contribution >= 0.6 is 0 Å². The zero-order chi connectivity index (χ0) is 9.47. The van der Waals surface area contributed by atoms with Crippen LogP contribution in [0.25, 0.3) is 0 Å². The van der Waals surface area contributed by atoms with Crippen molar-refractivity contribution >= 4 is 0 Å². The van der Waals surface area contributed by atoms with E-state index in [0.29, 0.717) is 5.92 Å². The fourth-order valence-corrected chi connectivity index (χ4v) is 2.41. The molecule has 0 spiro atoms. The molecule has 2 rings (SSSR count). The molecular weight excluding hydrogens is 164 g/mol. The van der Waals surface area contributed by atoms with E-state index in [-0.39, 0.29) is 0 Å². The lowest BCUT2D eigenvalue weighted by Crippen LogP contribution is -2.46. The summed E-state index contributed by atoms with van der Waals surface area (Å²) in [6.07, 6.45) is 5.51. The Kier molecular flexibility index (Phi) is 2.37. The van der Waals surface area contributed by atoms with Crippen LogP contribution < -0.4 is 0 Å². The molecule has 0 saturated heterocycles. The second-order valence-electron chi connectivity index (χ2n) is 5.07. The second kappa shape index (κ2) is 3.25. The summed E-state index contributed by atoms with van der Waals surface area (Å²) < 4.78 is 0. The molecule has 0 aromatic rings. The van der Waals surface area contributed by atoms with E-state index in [1.807, 2.05) is 0 Å². The Morgan fingerprint density at radius 2 is 1.69 bits per heavy atom. The van der Waals surface area contributed by atoms with E-state index in [1.54, 1.807) is 0 Å². The van der Waals surface area contributed by atoms with Crippen LogP contribution in [0.5, 0.6) is 0 Å². The summed E-state index contributed by atoms with van der Waals surface area (Å²) in [6.45, 7) is 2.23. The van der Waals surface area contributed by atoms with Gasteiger partial charge >= 0.3 is 0 Å². The molecule has 0 aromatic heterocycles. The molecule has 2 saturated carbocycles. The van der Waals surface area contributed by atoms with Gasteiger partial charge in [-0.25, -0.2) is 0 Å². The highest BCUT2D eigenvalue weighted by Crippen LogP contribution is 2.43. The van der Waals surface area contributed by atoms with Crippen LogP contribution in [0.3, 0.4) is 0 Å². The van der Waals surface area contributed by atoms with Gasteiger partial charge in [0.05, 0.1) is 11.7 Å². The maximum atomic E-state index is 10.2. The molecule has 1 unspecified atom stereocenters. The zero-order valence-corrected chi connectivity index (χ0v) is 8.37. The topological polar surface area (TPSA) is 40.5 Å². The average Bonchev–Trinajstić information content (AvgIpc) is 2.92. The number of aliphatic hydroxyl groups excluding tert-OH is 1. The summed E-state index contributed by atoms with van der Waals surface area (Å²) in [5, 5.41) is 20.1. The maximum Gasteiger partial charge on any atom is 0.0908 e. The third-order valence-electron chi connectivity index (χ3n) is 3.76. The Morgan fingerprint density at radius 1 is 1.15 bits per heavy atom. The first-order valence-corrected chi connectivity index (χ1v) is 5.52. The monoisotopic (exact) mass is 184 g/mol. The minimum Gasteiger partial charge on any atom is -0.390 e. The lowest BCUT2D eigenvalue weighted by atomic mass is 9.75. The molecule has 2 aliphatic rings. The van der Waals surface area contributed by atoms with Crippen molar-refractivity contribution in [3.8, 4) is 0 Å². The molecule has 2 nitrogen and oxygen atoms in total. The van der Waals surface area contributed by atoms with E-state index in [0.717, 1.165) is 44.4 Å². The summed E-state index contributed by atoms with van der Waals surface area (Å²) in [6, 6.07) is 0. The third-order valence-corrected chi connectivity index (χ3v) is 3.76. The molecule has 2 fully saturated rings. The number of hydrogen-bond donors (Lipinski definition) is 2. The number of hydrogen-bond acceptors (Lipinski definition) is 2. The first-order chi connectivity index (χ1) is 6.12. The fourth-order valence-electron chi connectivity index (χ4n) is 2.41. The van der Waals surface area contributed by atoms with Gasteiger partial charge in [0.1, 0.15) is 0 Å². The maximum absolute atomic E-state index is 10.2. The normalized spacial score (nSPS) is 43.2. The predicted octanol–water partition coefficient (Wildman–Crippen LogP) is 1.70. The van der Waals surface area contributed by atoms with Gasteiger partial charge in [0.25, 0.3) is 0 Å². The number of aliphatic hydroxyl groups is 2. The molecule has 0 bridgehead atoms. The minimum atomic E-state index is -0.742. The summed E-state index contributed by atoms with van der Waals surface area (Å²) >= 11 is 0. The van der Waals surface area contributed by atoms with Crippen molar-refractivity contribution in [2.24, 2.45) is 11.8 Å². The van der Waals surface area contributed by atoms with Gasteiger partial charge in [-0.15, -0.1) is 0 Å². The van der Waals surface area contributed by atoms with Crippen LogP contribution in [0.4, 0.5) is 0 Å². The van der Waals surface area contributed by atoms with Crippen LogP contribution in [0.1, 0.15) is 45.4 Å². The third kappa shape index (κ3) is 1.89. The summed E-state index contributed by atoms with van der Waals surface area (Å²) in [7, 11) is 0. The highest BCUT2D eigenvalue weighted by molar-refractivity contribution is 4.97. The Labute approximate surface area is 80.0 Å². The molecule has 76 valence electrons. The minimum absolute atomic E-state index is 0.401. The van der Waals surface area contributed by atoms with E-state index in [2.05, 4.69) is 6.92 Å². The van der Waals surface area contributed by atoms with Crippen molar-refractivity contribution in [2.75, 3.05) is 0 Å². The van der Waals surface area contributed by atoms with Crippen molar-refractivity contribution in [3.63, 3.8) is 0 Å². The van der Waals surface area contributed by atoms with E-state index in [9.17, 15) is 10.2 Å². The summed E-state index contributed by atoms with van der Waals surface area (Å²) in [5.74, 6) is 1.13. The van der Waals surface area contributed by atoms with Gasteiger partial charge < -0.3 is 10.2 Å². The van der Waals surface area contributed by atoms with Crippen molar-refractivity contribution in [1.29, 1.82) is 0 Å². The number of rotatable bonds is 2. The Hall–Kier alpha value is -0.0800. The molecule has 0 amide bonds. The quantitative estimate of drug-likeness (QED) is 0.685. The lowest BCUT2D eigenvalue weighted by molar-refractivity contribution is -0.111. The van der Waals surface area contributed by atoms with Crippen LogP contribution in [0.2, 0.25) is 0 Å². The molecule has 13 heavy (non-hydrogen) atoms. The Balaban J connectivity index is 1.94. The highest BCUT2D eigenvalue weighted by atomic mass is 16.3. The van der Waals surface area contributed by atoms with Gasteiger partial charge in [-0.3, -0.25) is 0 Å². The van der Waals surface area contributed by atoms with Gasteiger partial charge in [-0.2, -0.15) is 0 Å². The second-order valence-corrected chi connectivity index (χ2v) is 5.07. The Morgan fingerprint density at radius 3 is 2.15 bits per heavy atom. The first-order valence-electron chi connectivity index (χ1n) is 5.52. The van der Waals surface area contributed by atoms with Gasteiger partial charge in [0, 0.05) is 0 Å². The van der Waals surface area contributed by atoms with E-state index in [4.69, 9.17) is 0 Å². The smallest absolute Gasteiger partial charge is 0.0908 e. The van der Waals surface area contributed by atoms with Crippen molar-refractivity contribution in [2.45, 2.75) is 57.2 Å². The highest BCUT2D eigenvalue weighted by Gasteiger charge is 2.45. The molecule has 2 aliphatic carbocycles. The van der Waals surface area contributed by atoms with Crippen LogP contribution in [-0.2, 0) is 0 Å².